The Bertz CT molecular complexity index is 1240. The first-order valence-corrected chi connectivity index (χ1v) is 9.37. The molecule has 0 aliphatic heterocycles. The van der Waals surface area contributed by atoms with E-state index < -0.39 is 12.4 Å². The zero-order valence-corrected chi connectivity index (χ0v) is 16.4. The lowest BCUT2D eigenvalue weighted by Crippen LogP contribution is -2.19. The van der Waals surface area contributed by atoms with E-state index in [1.165, 1.54) is 12.1 Å². The van der Waals surface area contributed by atoms with E-state index in [-0.39, 0.29) is 11.4 Å². The Morgan fingerprint density at radius 2 is 1.68 bits per heavy atom. The number of carbonyl (C=O) groups excluding carboxylic acids is 1. The standard InChI is InChI=1S/C22H14ClF3N2O3/c23-17-6-2-1-5-16(17)19-12-13-4-3-7-18(20(13)30-19)28-21(29)27-14-8-10-15(11-9-14)31-22(24,25)26/h1-12H,(H2,27,28,29). The van der Waals surface area contributed by atoms with Gasteiger partial charge in [-0.1, -0.05) is 35.9 Å². The molecule has 0 unspecified atom stereocenters. The average Bonchev–Trinajstić information content (AvgIpc) is 3.14. The number of furan rings is 1. The number of para-hydroxylation sites is 1. The van der Waals surface area contributed by atoms with Crippen molar-refractivity contribution in [2.45, 2.75) is 6.36 Å². The van der Waals surface area contributed by atoms with Crippen molar-refractivity contribution in [3.05, 3.63) is 77.8 Å². The van der Waals surface area contributed by atoms with Crippen LogP contribution in [0.15, 0.2) is 77.2 Å². The van der Waals surface area contributed by atoms with Crippen LogP contribution >= 0.6 is 11.6 Å². The molecule has 31 heavy (non-hydrogen) atoms. The Kier molecular flexibility index (Phi) is 5.48. The number of anilines is 2. The molecule has 2 N–H and O–H groups in total. The molecule has 0 fully saturated rings. The van der Waals surface area contributed by atoms with Crippen LogP contribution in [0, 0.1) is 0 Å². The molecule has 0 bridgehead atoms. The maximum atomic E-state index is 12.4. The van der Waals surface area contributed by atoms with Gasteiger partial charge < -0.3 is 19.8 Å². The van der Waals surface area contributed by atoms with Crippen molar-refractivity contribution in [1.29, 1.82) is 0 Å². The Morgan fingerprint density at radius 1 is 0.935 bits per heavy atom. The van der Waals surface area contributed by atoms with Crippen LogP contribution in [0.3, 0.4) is 0 Å². The van der Waals surface area contributed by atoms with Gasteiger partial charge in [0.05, 0.1) is 10.7 Å². The van der Waals surface area contributed by atoms with Crippen molar-refractivity contribution < 1.29 is 27.1 Å². The van der Waals surface area contributed by atoms with E-state index in [1.807, 2.05) is 30.3 Å². The highest BCUT2D eigenvalue weighted by Crippen LogP contribution is 2.35. The van der Waals surface area contributed by atoms with Gasteiger partial charge in [-0.25, -0.2) is 4.79 Å². The van der Waals surface area contributed by atoms with E-state index in [1.54, 1.807) is 18.2 Å². The van der Waals surface area contributed by atoms with Crippen LogP contribution in [0.25, 0.3) is 22.3 Å². The van der Waals surface area contributed by atoms with Crippen molar-refractivity contribution in [2.75, 3.05) is 10.6 Å². The molecule has 0 radical (unpaired) electrons. The summed E-state index contributed by atoms with van der Waals surface area (Å²) in [6.07, 6.45) is -4.78. The third kappa shape index (κ3) is 4.92. The second-order valence-electron chi connectivity index (χ2n) is 6.47. The molecule has 3 aromatic carbocycles. The maximum absolute atomic E-state index is 12.4. The molecule has 0 saturated heterocycles. The van der Waals surface area contributed by atoms with E-state index in [9.17, 15) is 18.0 Å². The van der Waals surface area contributed by atoms with E-state index in [2.05, 4.69) is 15.4 Å². The Hall–Kier alpha value is -3.65. The van der Waals surface area contributed by atoms with E-state index in [0.29, 0.717) is 22.1 Å². The van der Waals surface area contributed by atoms with Gasteiger partial charge >= 0.3 is 12.4 Å². The van der Waals surface area contributed by atoms with Crippen molar-refractivity contribution in [2.24, 2.45) is 0 Å². The fourth-order valence-corrected chi connectivity index (χ4v) is 3.21. The zero-order chi connectivity index (χ0) is 22.0. The highest BCUT2D eigenvalue weighted by atomic mass is 35.5. The second kappa shape index (κ2) is 8.23. The lowest BCUT2D eigenvalue weighted by Gasteiger charge is -2.10. The summed E-state index contributed by atoms with van der Waals surface area (Å²) in [6, 6.07) is 18.5. The largest absolute Gasteiger partial charge is 0.573 e. The first-order valence-electron chi connectivity index (χ1n) is 9.00. The van der Waals surface area contributed by atoms with Gasteiger partial charge in [0.15, 0.2) is 5.58 Å². The minimum Gasteiger partial charge on any atom is -0.454 e. The van der Waals surface area contributed by atoms with Gasteiger partial charge in [0.1, 0.15) is 11.5 Å². The predicted molar refractivity (Wildman–Crippen MR) is 112 cm³/mol. The van der Waals surface area contributed by atoms with Crippen molar-refractivity contribution in [3.8, 4) is 17.1 Å². The number of hydrogen-bond acceptors (Lipinski definition) is 3. The van der Waals surface area contributed by atoms with E-state index in [0.717, 1.165) is 23.1 Å². The fourth-order valence-electron chi connectivity index (χ4n) is 2.98. The van der Waals surface area contributed by atoms with Crippen LogP contribution in [-0.4, -0.2) is 12.4 Å². The minimum atomic E-state index is -4.78. The van der Waals surface area contributed by atoms with Crippen LogP contribution in [0.5, 0.6) is 5.75 Å². The molecule has 9 heteroatoms. The van der Waals surface area contributed by atoms with Gasteiger partial charge in [-0.15, -0.1) is 13.2 Å². The summed E-state index contributed by atoms with van der Waals surface area (Å²) in [7, 11) is 0. The van der Waals surface area contributed by atoms with Crippen molar-refractivity contribution in [1.82, 2.24) is 0 Å². The van der Waals surface area contributed by atoms with Gasteiger partial charge in [-0.2, -0.15) is 0 Å². The normalized spacial score (nSPS) is 11.4. The minimum absolute atomic E-state index is 0.287. The van der Waals surface area contributed by atoms with E-state index in [4.69, 9.17) is 16.0 Å². The summed E-state index contributed by atoms with van der Waals surface area (Å²) in [5.41, 5.74) is 1.89. The summed E-state index contributed by atoms with van der Waals surface area (Å²) in [5, 5.41) is 6.52. The SMILES string of the molecule is O=C(Nc1ccc(OC(F)(F)F)cc1)Nc1cccc2cc(-c3ccccc3Cl)oc12. The summed E-state index contributed by atoms with van der Waals surface area (Å²) < 4.78 is 46.4. The lowest BCUT2D eigenvalue weighted by atomic mass is 10.1. The number of nitrogens with one attached hydrogen (secondary N) is 2. The van der Waals surface area contributed by atoms with Crippen LogP contribution in [-0.2, 0) is 0 Å². The smallest absolute Gasteiger partial charge is 0.454 e. The molecule has 4 aromatic rings. The predicted octanol–water partition coefficient (Wildman–Crippen LogP) is 7.30. The molecular weight excluding hydrogens is 433 g/mol. The first-order chi connectivity index (χ1) is 14.8. The number of alkyl halides is 3. The van der Waals surface area contributed by atoms with Gasteiger partial charge in [-0.3, -0.25) is 0 Å². The van der Waals surface area contributed by atoms with Crippen LogP contribution < -0.4 is 15.4 Å². The van der Waals surface area contributed by atoms with Gasteiger partial charge in [0.25, 0.3) is 0 Å². The monoisotopic (exact) mass is 446 g/mol. The molecule has 0 aliphatic carbocycles. The number of hydrogen-bond donors (Lipinski definition) is 2. The Balaban J connectivity index is 1.51. The molecule has 5 nitrogen and oxygen atoms in total. The number of rotatable bonds is 4. The molecule has 0 saturated carbocycles. The zero-order valence-electron chi connectivity index (χ0n) is 15.7. The lowest BCUT2D eigenvalue weighted by molar-refractivity contribution is -0.274. The van der Waals surface area contributed by atoms with E-state index >= 15 is 0 Å². The summed E-state index contributed by atoms with van der Waals surface area (Å²) in [5.74, 6) is 0.168. The molecule has 0 aliphatic rings. The third-order valence-corrected chi connectivity index (χ3v) is 4.61. The van der Waals surface area contributed by atoms with Crippen LogP contribution in [0.1, 0.15) is 0 Å². The van der Waals surface area contributed by atoms with Gasteiger partial charge in [0, 0.05) is 16.6 Å². The number of urea groups is 1. The topological polar surface area (TPSA) is 63.5 Å². The molecule has 0 spiro atoms. The first kappa shape index (κ1) is 20.6. The number of fused-ring (bicyclic) bond motifs is 1. The molecule has 1 aromatic heterocycles. The maximum Gasteiger partial charge on any atom is 0.573 e. The number of amides is 2. The Labute approximate surface area is 179 Å². The van der Waals surface area contributed by atoms with Gasteiger partial charge in [-0.05, 0) is 48.5 Å². The van der Waals surface area contributed by atoms with Crippen molar-refractivity contribution >= 4 is 40.0 Å². The fraction of sp³-hybridized carbons (Fsp3) is 0.0455. The summed E-state index contributed by atoms with van der Waals surface area (Å²) in [4.78, 5) is 12.4. The number of halogens is 4. The summed E-state index contributed by atoms with van der Waals surface area (Å²) in [6.45, 7) is 0. The van der Waals surface area contributed by atoms with Crippen LogP contribution in [0.4, 0.5) is 29.3 Å². The molecule has 0 atom stereocenters. The van der Waals surface area contributed by atoms with Crippen LogP contribution in [0.2, 0.25) is 5.02 Å². The molecule has 1 heterocycles. The highest BCUT2D eigenvalue weighted by Gasteiger charge is 2.31. The number of benzene rings is 3. The number of carbonyl (C=O) groups is 1. The summed E-state index contributed by atoms with van der Waals surface area (Å²) >= 11 is 6.24. The average molecular weight is 447 g/mol. The molecular formula is C22H14ClF3N2O3. The van der Waals surface area contributed by atoms with Crippen molar-refractivity contribution in [3.63, 3.8) is 0 Å². The number of ether oxygens (including phenoxy) is 1. The Morgan fingerprint density at radius 3 is 2.39 bits per heavy atom. The van der Waals surface area contributed by atoms with Gasteiger partial charge in [0.2, 0.25) is 0 Å². The molecule has 2 amide bonds. The quantitative estimate of drug-likeness (QED) is 0.346. The molecule has 158 valence electrons. The third-order valence-electron chi connectivity index (χ3n) is 4.28. The molecule has 4 rings (SSSR count). The second-order valence-corrected chi connectivity index (χ2v) is 6.87. The highest BCUT2D eigenvalue weighted by molar-refractivity contribution is 6.33.